The zero-order valence-corrected chi connectivity index (χ0v) is 10.9. The molecule has 16 heavy (non-hydrogen) atoms. The highest BCUT2D eigenvalue weighted by Crippen LogP contribution is 2.17. The molecule has 1 rings (SSSR count). The van der Waals surface area contributed by atoms with E-state index in [4.69, 9.17) is 4.18 Å². The van der Waals surface area contributed by atoms with Crippen LogP contribution in [0, 0.1) is 6.92 Å². The van der Waals surface area contributed by atoms with Crippen LogP contribution in [0.5, 0.6) is 0 Å². The molecule has 0 aliphatic heterocycles. The largest absolute Gasteiger partial charge is 0.325 e. The summed E-state index contributed by atoms with van der Waals surface area (Å²) in [6, 6.07) is 1.94. The van der Waals surface area contributed by atoms with Gasteiger partial charge in [-0.2, -0.15) is 0 Å². The molecule has 0 aliphatic rings. The molecule has 1 N–H and O–H groups in total. The van der Waals surface area contributed by atoms with E-state index in [-0.39, 0.29) is 5.56 Å². The van der Waals surface area contributed by atoms with Crippen LogP contribution in [-0.2, 0) is 10.6 Å². The molecule has 4 heteroatoms. The molecule has 0 radical (unpaired) electrons. The van der Waals surface area contributed by atoms with Crippen molar-refractivity contribution in [2.24, 2.45) is 0 Å². The van der Waals surface area contributed by atoms with Crippen LogP contribution in [0.15, 0.2) is 15.8 Å². The number of aromatic amines is 1. The summed E-state index contributed by atoms with van der Waals surface area (Å²) in [6.07, 6.45) is 4.63. The molecule has 0 atom stereocenters. The molecule has 0 amide bonds. The Kier molecular flexibility index (Phi) is 5.63. The molecular formula is C12H19NO2S. The lowest BCUT2D eigenvalue weighted by Crippen LogP contribution is -2.12. The molecule has 3 nitrogen and oxygen atoms in total. The van der Waals surface area contributed by atoms with Crippen molar-refractivity contribution < 1.29 is 4.18 Å². The molecule has 1 heterocycles. The van der Waals surface area contributed by atoms with Gasteiger partial charge in [-0.25, -0.2) is 0 Å². The smallest absolute Gasteiger partial charge is 0.264 e. The maximum absolute atomic E-state index is 11.6. The van der Waals surface area contributed by atoms with E-state index in [1.54, 1.807) is 7.11 Å². The van der Waals surface area contributed by atoms with Gasteiger partial charge < -0.3 is 9.17 Å². The fourth-order valence-electron chi connectivity index (χ4n) is 1.62. The number of hydrogen-bond acceptors (Lipinski definition) is 3. The Balaban J connectivity index is 2.82. The van der Waals surface area contributed by atoms with Crippen molar-refractivity contribution in [3.63, 3.8) is 0 Å². The lowest BCUT2D eigenvalue weighted by molar-refractivity contribution is 0.489. The van der Waals surface area contributed by atoms with Gasteiger partial charge in [0.15, 0.2) is 0 Å². The Morgan fingerprint density at radius 2 is 2.19 bits per heavy atom. The van der Waals surface area contributed by atoms with E-state index in [0.717, 1.165) is 24.2 Å². The van der Waals surface area contributed by atoms with Gasteiger partial charge in [0.2, 0.25) is 0 Å². The standard InChI is InChI=1S/C12H19NO2S/c1-4-5-6-7-10-8-11(16-15-3)12(14)13-9(10)2/h8H,4-7H2,1-3H3,(H,13,14). The number of nitrogens with one attached hydrogen (secondary N) is 1. The van der Waals surface area contributed by atoms with Gasteiger partial charge in [0.05, 0.1) is 7.11 Å². The molecule has 0 unspecified atom stereocenters. The van der Waals surface area contributed by atoms with Crippen LogP contribution < -0.4 is 5.56 Å². The summed E-state index contributed by atoms with van der Waals surface area (Å²) < 4.78 is 4.93. The number of unbranched alkanes of at least 4 members (excludes halogenated alkanes) is 2. The molecule has 0 aromatic carbocycles. The molecular weight excluding hydrogens is 222 g/mol. The Morgan fingerprint density at radius 3 is 2.81 bits per heavy atom. The maximum Gasteiger partial charge on any atom is 0.264 e. The van der Waals surface area contributed by atoms with E-state index < -0.39 is 0 Å². The zero-order valence-electron chi connectivity index (χ0n) is 10.1. The Hall–Kier alpha value is -0.740. The van der Waals surface area contributed by atoms with Gasteiger partial charge in [0.1, 0.15) is 4.90 Å². The van der Waals surface area contributed by atoms with Crippen molar-refractivity contribution >= 4 is 12.0 Å². The minimum Gasteiger partial charge on any atom is -0.325 e. The van der Waals surface area contributed by atoms with Crippen LogP contribution in [0.2, 0.25) is 0 Å². The summed E-state index contributed by atoms with van der Waals surface area (Å²) in [6.45, 7) is 4.13. The number of rotatable bonds is 6. The maximum atomic E-state index is 11.6. The Bertz CT molecular complexity index is 387. The first kappa shape index (κ1) is 13.3. The molecule has 1 aromatic heterocycles. The lowest BCUT2D eigenvalue weighted by Gasteiger charge is -2.07. The van der Waals surface area contributed by atoms with Crippen molar-refractivity contribution in [1.82, 2.24) is 4.98 Å². The third-order valence-electron chi connectivity index (χ3n) is 2.53. The topological polar surface area (TPSA) is 42.1 Å². The van der Waals surface area contributed by atoms with Crippen molar-refractivity contribution in [2.45, 2.75) is 44.4 Å². The average molecular weight is 241 g/mol. The van der Waals surface area contributed by atoms with Crippen molar-refractivity contribution in [1.29, 1.82) is 0 Å². The second-order valence-electron chi connectivity index (χ2n) is 3.82. The van der Waals surface area contributed by atoms with Gasteiger partial charge in [-0.1, -0.05) is 19.8 Å². The summed E-state index contributed by atoms with van der Waals surface area (Å²) in [5, 5.41) is 0. The number of aryl methyl sites for hydroxylation is 2. The first-order valence-corrected chi connectivity index (χ1v) is 6.36. The van der Waals surface area contributed by atoms with Crippen molar-refractivity contribution in [2.75, 3.05) is 7.11 Å². The number of H-pyrrole nitrogens is 1. The van der Waals surface area contributed by atoms with E-state index in [9.17, 15) is 4.79 Å². The van der Waals surface area contributed by atoms with Gasteiger partial charge in [0, 0.05) is 17.7 Å². The van der Waals surface area contributed by atoms with Gasteiger partial charge in [0.25, 0.3) is 5.56 Å². The van der Waals surface area contributed by atoms with Gasteiger partial charge in [-0.15, -0.1) is 0 Å². The molecule has 0 aliphatic carbocycles. The summed E-state index contributed by atoms with van der Waals surface area (Å²) in [7, 11) is 1.57. The zero-order chi connectivity index (χ0) is 12.0. The van der Waals surface area contributed by atoms with E-state index in [1.165, 1.54) is 24.8 Å². The highest BCUT2D eigenvalue weighted by molar-refractivity contribution is 7.94. The normalized spacial score (nSPS) is 10.7. The number of aromatic nitrogens is 1. The third-order valence-corrected chi connectivity index (χ3v) is 3.18. The van der Waals surface area contributed by atoms with Gasteiger partial charge in [-0.3, -0.25) is 4.79 Å². The summed E-state index contributed by atoms with van der Waals surface area (Å²) in [5.74, 6) is 0. The molecule has 0 saturated carbocycles. The fraction of sp³-hybridized carbons (Fsp3) is 0.583. The van der Waals surface area contributed by atoms with Crippen LogP contribution in [-0.4, -0.2) is 12.1 Å². The molecule has 0 saturated heterocycles. The van der Waals surface area contributed by atoms with Gasteiger partial charge >= 0.3 is 0 Å². The van der Waals surface area contributed by atoms with Crippen molar-refractivity contribution in [3.05, 3.63) is 27.7 Å². The lowest BCUT2D eigenvalue weighted by atomic mass is 10.1. The van der Waals surface area contributed by atoms with E-state index >= 15 is 0 Å². The first-order chi connectivity index (χ1) is 7.69. The van der Waals surface area contributed by atoms with E-state index in [1.807, 2.05) is 13.0 Å². The third kappa shape index (κ3) is 3.68. The van der Waals surface area contributed by atoms with E-state index in [0.29, 0.717) is 4.90 Å². The van der Waals surface area contributed by atoms with Crippen molar-refractivity contribution in [3.8, 4) is 0 Å². The minimum atomic E-state index is -0.0661. The average Bonchev–Trinajstić information content (AvgIpc) is 2.25. The quantitative estimate of drug-likeness (QED) is 0.615. The summed E-state index contributed by atoms with van der Waals surface area (Å²) in [4.78, 5) is 15.1. The molecule has 1 aromatic rings. The Morgan fingerprint density at radius 1 is 1.44 bits per heavy atom. The highest BCUT2D eigenvalue weighted by atomic mass is 32.2. The van der Waals surface area contributed by atoms with Crippen LogP contribution in [0.1, 0.15) is 37.4 Å². The monoisotopic (exact) mass is 241 g/mol. The first-order valence-electron chi connectivity index (χ1n) is 5.62. The fourth-order valence-corrected chi connectivity index (χ4v) is 2.12. The second-order valence-corrected chi connectivity index (χ2v) is 4.76. The van der Waals surface area contributed by atoms with Crippen LogP contribution in [0.3, 0.4) is 0 Å². The summed E-state index contributed by atoms with van der Waals surface area (Å²) in [5.41, 5.74) is 2.12. The minimum absolute atomic E-state index is 0.0661. The summed E-state index contributed by atoms with van der Waals surface area (Å²) >= 11 is 1.12. The predicted octanol–water partition coefficient (Wildman–Crippen LogP) is 3.07. The number of hydrogen-bond donors (Lipinski definition) is 1. The van der Waals surface area contributed by atoms with E-state index in [2.05, 4.69) is 11.9 Å². The molecule has 0 fully saturated rings. The Labute approximate surface area is 101 Å². The molecule has 90 valence electrons. The highest BCUT2D eigenvalue weighted by Gasteiger charge is 2.06. The SMILES string of the molecule is CCCCCc1cc(SOC)c(=O)[nH]c1C. The van der Waals surface area contributed by atoms with Crippen LogP contribution in [0.4, 0.5) is 0 Å². The molecule has 0 spiro atoms. The number of pyridine rings is 1. The predicted molar refractivity (Wildman–Crippen MR) is 67.9 cm³/mol. The second kappa shape index (κ2) is 6.76. The molecule has 0 bridgehead atoms. The van der Waals surface area contributed by atoms with Crippen LogP contribution >= 0.6 is 12.0 Å². The van der Waals surface area contributed by atoms with Gasteiger partial charge in [-0.05, 0) is 31.4 Å². The van der Waals surface area contributed by atoms with Crippen LogP contribution in [0.25, 0.3) is 0 Å².